The predicted octanol–water partition coefficient (Wildman–Crippen LogP) is 3.76. The number of anilines is 2. The molecule has 27 heavy (non-hydrogen) atoms. The molecule has 0 spiro atoms. The van der Waals surface area contributed by atoms with Gasteiger partial charge in [-0.2, -0.15) is 0 Å². The molecule has 0 saturated carbocycles. The maximum absolute atomic E-state index is 13.4. The van der Waals surface area contributed by atoms with E-state index in [1.165, 1.54) is 17.4 Å². The summed E-state index contributed by atoms with van der Waals surface area (Å²) in [4.78, 5) is 14.1. The first kappa shape index (κ1) is 19.5. The maximum atomic E-state index is 13.4. The van der Waals surface area contributed by atoms with Gasteiger partial charge in [-0.3, -0.25) is 5.32 Å². The smallest absolute Gasteiger partial charge is 0.321 e. The molecule has 1 aromatic carbocycles. The summed E-state index contributed by atoms with van der Waals surface area (Å²) < 4.78 is 26.4. The van der Waals surface area contributed by atoms with Crippen LogP contribution >= 0.6 is 11.3 Å². The molecule has 0 bridgehead atoms. The Kier molecular flexibility index (Phi) is 5.59. The van der Waals surface area contributed by atoms with Crippen LogP contribution in [0, 0.1) is 17.6 Å². The standard InChI is InChI=1S/C18H23F2N5OS/c1-18(2,3)15-23-24-17(27-15)22-16(26)21-9-11-6-7-25(10-11)12-4-5-13(19)14(20)8-12/h4-5,8,11H,6-7,9-10H2,1-3H3,(H2,21,22,24,26). The first-order chi connectivity index (χ1) is 12.7. The summed E-state index contributed by atoms with van der Waals surface area (Å²) in [6, 6.07) is 3.60. The molecule has 1 saturated heterocycles. The second-order valence-electron chi connectivity index (χ2n) is 7.70. The van der Waals surface area contributed by atoms with Gasteiger partial charge in [0.2, 0.25) is 5.13 Å². The lowest BCUT2D eigenvalue weighted by Crippen LogP contribution is -2.34. The van der Waals surface area contributed by atoms with Crippen molar-refractivity contribution in [3.8, 4) is 0 Å². The van der Waals surface area contributed by atoms with Crippen molar-refractivity contribution in [3.05, 3.63) is 34.8 Å². The van der Waals surface area contributed by atoms with Gasteiger partial charge in [-0.25, -0.2) is 13.6 Å². The number of urea groups is 1. The van der Waals surface area contributed by atoms with Gasteiger partial charge in [0, 0.05) is 36.8 Å². The SMILES string of the molecule is CC(C)(C)c1nnc(NC(=O)NCC2CCN(c3ccc(F)c(F)c3)C2)s1. The lowest BCUT2D eigenvalue weighted by atomic mass is 9.98. The molecule has 0 radical (unpaired) electrons. The molecule has 1 aromatic heterocycles. The molecule has 9 heteroatoms. The van der Waals surface area contributed by atoms with Gasteiger partial charge in [0.15, 0.2) is 11.6 Å². The Bertz CT molecular complexity index is 820. The van der Waals surface area contributed by atoms with Crippen LogP contribution in [0.25, 0.3) is 0 Å². The first-order valence-electron chi connectivity index (χ1n) is 8.81. The van der Waals surface area contributed by atoms with Crippen LogP contribution in [0.2, 0.25) is 0 Å². The quantitative estimate of drug-likeness (QED) is 0.827. The van der Waals surface area contributed by atoms with E-state index in [2.05, 4.69) is 20.8 Å². The molecule has 1 unspecified atom stereocenters. The first-order valence-corrected chi connectivity index (χ1v) is 9.63. The van der Waals surface area contributed by atoms with Crippen LogP contribution in [0.5, 0.6) is 0 Å². The summed E-state index contributed by atoms with van der Waals surface area (Å²) in [7, 11) is 0. The van der Waals surface area contributed by atoms with Gasteiger partial charge in [0.1, 0.15) is 5.01 Å². The summed E-state index contributed by atoms with van der Waals surface area (Å²) in [6.45, 7) is 8.03. The predicted molar refractivity (Wildman–Crippen MR) is 102 cm³/mol. The van der Waals surface area contributed by atoms with E-state index in [-0.39, 0.29) is 17.4 Å². The van der Waals surface area contributed by atoms with E-state index < -0.39 is 11.6 Å². The van der Waals surface area contributed by atoms with Crippen LogP contribution in [0.15, 0.2) is 18.2 Å². The van der Waals surface area contributed by atoms with Crippen molar-refractivity contribution >= 4 is 28.2 Å². The van der Waals surface area contributed by atoms with E-state index in [1.54, 1.807) is 6.07 Å². The van der Waals surface area contributed by atoms with Gasteiger partial charge >= 0.3 is 6.03 Å². The van der Waals surface area contributed by atoms with Gasteiger partial charge in [-0.1, -0.05) is 32.1 Å². The lowest BCUT2D eigenvalue weighted by Gasteiger charge is -2.19. The largest absolute Gasteiger partial charge is 0.371 e. The summed E-state index contributed by atoms with van der Waals surface area (Å²) in [6.07, 6.45) is 0.867. The Morgan fingerprint density at radius 1 is 1.30 bits per heavy atom. The third-order valence-corrected chi connectivity index (χ3v) is 5.66. The van der Waals surface area contributed by atoms with Gasteiger partial charge in [-0.05, 0) is 24.5 Å². The minimum atomic E-state index is -0.848. The zero-order valence-corrected chi connectivity index (χ0v) is 16.4. The molecule has 1 fully saturated rings. The molecule has 6 nitrogen and oxygen atoms in total. The number of hydrogen-bond donors (Lipinski definition) is 2. The number of carbonyl (C=O) groups excluding carboxylic acids is 1. The summed E-state index contributed by atoms with van der Waals surface area (Å²) >= 11 is 1.36. The Balaban J connectivity index is 1.47. The second kappa shape index (κ2) is 7.75. The molecule has 146 valence electrons. The van der Waals surface area contributed by atoms with E-state index in [4.69, 9.17) is 0 Å². The summed E-state index contributed by atoms with van der Waals surface area (Å²) in [5, 5.41) is 15.0. The Morgan fingerprint density at radius 2 is 2.07 bits per heavy atom. The van der Waals surface area contributed by atoms with Crippen LogP contribution in [-0.2, 0) is 5.41 Å². The monoisotopic (exact) mass is 395 g/mol. The van der Waals surface area contributed by atoms with Gasteiger partial charge < -0.3 is 10.2 Å². The molecule has 1 aliphatic rings. The van der Waals surface area contributed by atoms with Crippen molar-refractivity contribution < 1.29 is 13.6 Å². The lowest BCUT2D eigenvalue weighted by molar-refractivity contribution is 0.250. The Labute approximate surface area is 161 Å². The van der Waals surface area contributed by atoms with Crippen LogP contribution in [0.3, 0.4) is 0 Å². The highest BCUT2D eigenvalue weighted by Gasteiger charge is 2.24. The zero-order valence-electron chi connectivity index (χ0n) is 15.6. The van der Waals surface area contributed by atoms with Crippen molar-refractivity contribution in [1.29, 1.82) is 0 Å². The molecular weight excluding hydrogens is 372 g/mol. The molecule has 2 N–H and O–H groups in total. The molecule has 2 amide bonds. The van der Waals surface area contributed by atoms with Crippen molar-refractivity contribution in [2.75, 3.05) is 29.9 Å². The van der Waals surface area contributed by atoms with Gasteiger partial charge in [0.25, 0.3) is 0 Å². The van der Waals surface area contributed by atoms with Crippen molar-refractivity contribution in [2.45, 2.75) is 32.6 Å². The fraction of sp³-hybridized carbons (Fsp3) is 0.500. The topological polar surface area (TPSA) is 70.1 Å². The average molecular weight is 395 g/mol. The fourth-order valence-electron chi connectivity index (χ4n) is 2.87. The van der Waals surface area contributed by atoms with Gasteiger partial charge in [0.05, 0.1) is 0 Å². The molecule has 2 aromatic rings. The Hall–Kier alpha value is -2.29. The fourth-order valence-corrected chi connectivity index (χ4v) is 3.67. The van der Waals surface area contributed by atoms with Crippen molar-refractivity contribution in [2.24, 2.45) is 5.92 Å². The van der Waals surface area contributed by atoms with Crippen LogP contribution in [0.4, 0.5) is 24.4 Å². The van der Waals surface area contributed by atoms with Crippen molar-refractivity contribution in [1.82, 2.24) is 15.5 Å². The van der Waals surface area contributed by atoms with Crippen LogP contribution in [0.1, 0.15) is 32.2 Å². The van der Waals surface area contributed by atoms with E-state index in [9.17, 15) is 13.6 Å². The third kappa shape index (κ3) is 4.91. The van der Waals surface area contributed by atoms with Crippen molar-refractivity contribution in [3.63, 3.8) is 0 Å². The van der Waals surface area contributed by atoms with E-state index in [0.29, 0.717) is 23.9 Å². The number of nitrogens with zero attached hydrogens (tertiary/aromatic N) is 3. The molecule has 0 aliphatic carbocycles. The van der Waals surface area contributed by atoms with Crippen LogP contribution < -0.4 is 15.5 Å². The molecule has 1 atom stereocenters. The highest BCUT2D eigenvalue weighted by molar-refractivity contribution is 7.15. The summed E-state index contributed by atoms with van der Waals surface area (Å²) in [5.41, 5.74) is 0.547. The molecule has 1 aliphatic heterocycles. The van der Waals surface area contributed by atoms with Gasteiger partial charge in [-0.15, -0.1) is 10.2 Å². The number of nitrogens with one attached hydrogen (secondary N) is 2. The minimum absolute atomic E-state index is 0.110. The second-order valence-corrected chi connectivity index (χ2v) is 8.67. The third-order valence-electron chi connectivity index (χ3n) is 4.39. The average Bonchev–Trinajstić information content (AvgIpc) is 3.24. The van der Waals surface area contributed by atoms with E-state index in [0.717, 1.165) is 24.0 Å². The zero-order chi connectivity index (χ0) is 19.6. The highest BCUT2D eigenvalue weighted by atomic mass is 32.1. The number of halogens is 2. The normalized spacial score (nSPS) is 17.2. The number of carbonyl (C=O) groups is 1. The summed E-state index contributed by atoms with van der Waals surface area (Å²) in [5.74, 6) is -1.46. The molecular formula is C18H23F2N5OS. The minimum Gasteiger partial charge on any atom is -0.371 e. The van der Waals surface area contributed by atoms with Crippen LogP contribution in [-0.4, -0.2) is 35.9 Å². The maximum Gasteiger partial charge on any atom is 0.321 e. The number of amides is 2. The van der Waals surface area contributed by atoms with E-state index >= 15 is 0 Å². The number of aromatic nitrogens is 2. The Morgan fingerprint density at radius 3 is 2.74 bits per heavy atom. The molecule has 2 heterocycles. The number of hydrogen-bond acceptors (Lipinski definition) is 5. The van der Waals surface area contributed by atoms with E-state index in [1.807, 2.05) is 25.7 Å². The molecule has 3 rings (SSSR count). The number of rotatable bonds is 4. The highest BCUT2D eigenvalue weighted by Crippen LogP contribution is 2.28. The number of benzene rings is 1.